The first-order chi connectivity index (χ1) is 13.1. The Morgan fingerprint density at radius 2 is 1.75 bits per heavy atom. The lowest BCUT2D eigenvalue weighted by Crippen LogP contribution is -2.45. The fourth-order valence-electron chi connectivity index (χ4n) is 2.77. The molecule has 2 aromatic carbocycles. The van der Waals surface area contributed by atoms with Crippen LogP contribution in [0.2, 0.25) is 0 Å². The minimum atomic E-state index is -0.0559. The van der Waals surface area contributed by atoms with Gasteiger partial charge < -0.3 is 16.0 Å². The highest BCUT2D eigenvalue weighted by Crippen LogP contribution is 2.05. The highest BCUT2D eigenvalue weighted by molar-refractivity contribution is 14.0. The standard InChI is InChI=1S/C22H30N4O.HI/c1-17-8-7-11-20(16-17)21(27)24-14-15-25-22(23-3)26-18(2)12-13-19-9-5-4-6-10-19;/h4-11,16,18H,12-15H2,1-3H3,(H,24,27)(H2,23,25,26);1H. The normalized spacial score (nSPS) is 11.9. The molecule has 0 bridgehead atoms. The van der Waals surface area contributed by atoms with E-state index in [1.807, 2.05) is 37.3 Å². The zero-order chi connectivity index (χ0) is 19.5. The summed E-state index contributed by atoms with van der Waals surface area (Å²) in [6.07, 6.45) is 2.05. The lowest BCUT2D eigenvalue weighted by Gasteiger charge is -2.18. The highest BCUT2D eigenvalue weighted by atomic mass is 127. The van der Waals surface area contributed by atoms with Gasteiger partial charge in [-0.2, -0.15) is 0 Å². The van der Waals surface area contributed by atoms with E-state index in [-0.39, 0.29) is 29.9 Å². The molecule has 0 aliphatic rings. The molecule has 0 saturated carbocycles. The molecule has 0 fully saturated rings. The van der Waals surface area contributed by atoms with E-state index in [0.717, 1.165) is 24.4 Å². The van der Waals surface area contributed by atoms with Crippen molar-refractivity contribution < 1.29 is 4.79 Å². The molecule has 0 radical (unpaired) electrons. The number of halogens is 1. The molecule has 6 heteroatoms. The van der Waals surface area contributed by atoms with Crippen LogP contribution in [0.25, 0.3) is 0 Å². The number of aliphatic imine (C=N–C) groups is 1. The first kappa shape index (κ1) is 23.9. The quantitative estimate of drug-likeness (QED) is 0.228. The maximum absolute atomic E-state index is 12.1. The van der Waals surface area contributed by atoms with Gasteiger partial charge in [-0.3, -0.25) is 9.79 Å². The first-order valence-electron chi connectivity index (χ1n) is 9.44. The van der Waals surface area contributed by atoms with Gasteiger partial charge in [0.15, 0.2) is 5.96 Å². The second-order valence-corrected chi connectivity index (χ2v) is 6.69. The molecule has 1 unspecified atom stereocenters. The number of amides is 1. The van der Waals surface area contributed by atoms with Crippen LogP contribution in [0.1, 0.15) is 34.8 Å². The van der Waals surface area contributed by atoms with Crippen LogP contribution in [0.5, 0.6) is 0 Å². The van der Waals surface area contributed by atoms with Crippen LogP contribution in [-0.2, 0) is 6.42 Å². The van der Waals surface area contributed by atoms with Gasteiger partial charge in [0.2, 0.25) is 0 Å². The van der Waals surface area contributed by atoms with Gasteiger partial charge in [-0.05, 0) is 44.4 Å². The number of benzene rings is 2. The number of hydrogen-bond acceptors (Lipinski definition) is 2. The average Bonchev–Trinajstić information content (AvgIpc) is 2.69. The maximum Gasteiger partial charge on any atom is 0.251 e. The summed E-state index contributed by atoms with van der Waals surface area (Å²) in [4.78, 5) is 16.4. The molecule has 1 amide bonds. The largest absolute Gasteiger partial charge is 0.355 e. The van der Waals surface area contributed by atoms with Crippen molar-refractivity contribution in [3.05, 3.63) is 71.3 Å². The Morgan fingerprint density at radius 1 is 1.04 bits per heavy atom. The van der Waals surface area contributed by atoms with E-state index in [2.05, 4.69) is 52.1 Å². The van der Waals surface area contributed by atoms with Crippen LogP contribution in [0.3, 0.4) is 0 Å². The summed E-state index contributed by atoms with van der Waals surface area (Å²) >= 11 is 0. The van der Waals surface area contributed by atoms with Gasteiger partial charge in [-0.15, -0.1) is 24.0 Å². The van der Waals surface area contributed by atoms with Gasteiger partial charge in [0.05, 0.1) is 0 Å². The molecular formula is C22H31IN4O. The van der Waals surface area contributed by atoms with Crippen molar-refractivity contribution in [2.24, 2.45) is 4.99 Å². The van der Waals surface area contributed by atoms with Gasteiger partial charge in [0.25, 0.3) is 5.91 Å². The predicted molar refractivity (Wildman–Crippen MR) is 128 cm³/mol. The molecule has 0 spiro atoms. The number of nitrogens with zero attached hydrogens (tertiary/aromatic N) is 1. The van der Waals surface area contributed by atoms with E-state index < -0.39 is 0 Å². The van der Waals surface area contributed by atoms with Crippen molar-refractivity contribution in [3.63, 3.8) is 0 Å². The molecule has 5 nitrogen and oxygen atoms in total. The van der Waals surface area contributed by atoms with E-state index in [1.54, 1.807) is 7.05 Å². The van der Waals surface area contributed by atoms with Crippen LogP contribution < -0.4 is 16.0 Å². The summed E-state index contributed by atoms with van der Waals surface area (Å²) in [6.45, 7) is 5.27. The summed E-state index contributed by atoms with van der Waals surface area (Å²) in [5.41, 5.74) is 3.11. The molecule has 0 heterocycles. The number of guanidine groups is 1. The summed E-state index contributed by atoms with van der Waals surface area (Å²) in [7, 11) is 1.75. The maximum atomic E-state index is 12.1. The van der Waals surface area contributed by atoms with Crippen molar-refractivity contribution >= 4 is 35.8 Å². The summed E-state index contributed by atoms with van der Waals surface area (Å²) in [6, 6.07) is 18.4. The highest BCUT2D eigenvalue weighted by Gasteiger charge is 2.07. The molecule has 0 aromatic heterocycles. The number of aryl methyl sites for hydroxylation is 2. The Balaban J connectivity index is 0.00000392. The lowest BCUT2D eigenvalue weighted by atomic mass is 10.1. The molecule has 3 N–H and O–H groups in total. The van der Waals surface area contributed by atoms with Gasteiger partial charge in [0, 0.05) is 31.7 Å². The van der Waals surface area contributed by atoms with Crippen LogP contribution in [0, 0.1) is 6.92 Å². The number of carbonyl (C=O) groups excluding carboxylic acids is 1. The minimum absolute atomic E-state index is 0. The number of carbonyl (C=O) groups is 1. The molecule has 0 aliphatic carbocycles. The van der Waals surface area contributed by atoms with Crippen molar-refractivity contribution in [1.29, 1.82) is 0 Å². The third-order valence-corrected chi connectivity index (χ3v) is 4.30. The zero-order valence-corrected chi connectivity index (χ0v) is 19.2. The Hall–Kier alpha value is -2.09. The van der Waals surface area contributed by atoms with Crippen LogP contribution >= 0.6 is 24.0 Å². The number of rotatable bonds is 8. The Morgan fingerprint density at radius 3 is 2.43 bits per heavy atom. The Bertz CT molecular complexity index is 749. The molecule has 0 saturated heterocycles. The number of nitrogens with one attached hydrogen (secondary N) is 3. The summed E-state index contributed by atoms with van der Waals surface area (Å²) in [5, 5.41) is 9.55. The van der Waals surface area contributed by atoms with Crippen LogP contribution in [-0.4, -0.2) is 38.0 Å². The average molecular weight is 494 g/mol. The Labute approximate surface area is 185 Å². The monoisotopic (exact) mass is 494 g/mol. The number of hydrogen-bond donors (Lipinski definition) is 3. The van der Waals surface area contributed by atoms with E-state index in [4.69, 9.17) is 0 Å². The smallest absolute Gasteiger partial charge is 0.251 e. The third-order valence-electron chi connectivity index (χ3n) is 4.30. The van der Waals surface area contributed by atoms with E-state index in [1.165, 1.54) is 5.56 Å². The van der Waals surface area contributed by atoms with E-state index in [0.29, 0.717) is 24.7 Å². The molecule has 2 rings (SSSR count). The van der Waals surface area contributed by atoms with Gasteiger partial charge >= 0.3 is 0 Å². The molecule has 0 aliphatic heterocycles. The topological polar surface area (TPSA) is 65.5 Å². The molecule has 2 aromatic rings. The lowest BCUT2D eigenvalue weighted by molar-refractivity contribution is 0.0954. The van der Waals surface area contributed by atoms with Crippen molar-refractivity contribution in [2.45, 2.75) is 32.7 Å². The second kappa shape index (κ2) is 13.1. The van der Waals surface area contributed by atoms with Crippen molar-refractivity contribution in [2.75, 3.05) is 20.1 Å². The SMILES string of the molecule is CN=C(NCCNC(=O)c1cccc(C)c1)NC(C)CCc1ccccc1.I. The van der Waals surface area contributed by atoms with Gasteiger partial charge in [0.1, 0.15) is 0 Å². The zero-order valence-electron chi connectivity index (χ0n) is 16.9. The third kappa shape index (κ3) is 8.73. The van der Waals surface area contributed by atoms with E-state index >= 15 is 0 Å². The molecule has 1 atom stereocenters. The van der Waals surface area contributed by atoms with Crippen LogP contribution in [0.4, 0.5) is 0 Å². The van der Waals surface area contributed by atoms with Gasteiger partial charge in [-0.1, -0.05) is 48.0 Å². The summed E-state index contributed by atoms with van der Waals surface area (Å²) < 4.78 is 0. The molecule has 28 heavy (non-hydrogen) atoms. The fraction of sp³-hybridized carbons (Fsp3) is 0.364. The van der Waals surface area contributed by atoms with Crippen LogP contribution in [0.15, 0.2) is 59.6 Å². The summed E-state index contributed by atoms with van der Waals surface area (Å²) in [5.74, 6) is 0.694. The second-order valence-electron chi connectivity index (χ2n) is 6.69. The van der Waals surface area contributed by atoms with Crippen molar-refractivity contribution in [3.8, 4) is 0 Å². The van der Waals surface area contributed by atoms with Gasteiger partial charge in [-0.25, -0.2) is 0 Å². The molecule has 152 valence electrons. The minimum Gasteiger partial charge on any atom is -0.355 e. The van der Waals surface area contributed by atoms with Crippen molar-refractivity contribution in [1.82, 2.24) is 16.0 Å². The predicted octanol–water partition coefficient (Wildman–Crippen LogP) is 3.53. The first-order valence-corrected chi connectivity index (χ1v) is 9.44. The fourth-order valence-corrected chi connectivity index (χ4v) is 2.77. The van der Waals surface area contributed by atoms with E-state index in [9.17, 15) is 4.79 Å². The Kier molecular flexibility index (Phi) is 11.2. The molecular weight excluding hydrogens is 463 g/mol.